The van der Waals surface area contributed by atoms with Crippen LogP contribution in [0.15, 0.2) is 33.9 Å². The van der Waals surface area contributed by atoms with E-state index in [1.54, 1.807) is 12.1 Å². The minimum atomic E-state index is -0.516. The lowest BCUT2D eigenvalue weighted by molar-refractivity contribution is 0.299. The van der Waals surface area contributed by atoms with Crippen LogP contribution in [0.2, 0.25) is 0 Å². The number of aromatic hydroxyl groups is 1. The number of pyridine rings is 1. The Bertz CT molecular complexity index is 1250. The van der Waals surface area contributed by atoms with Crippen LogP contribution >= 0.6 is 0 Å². The number of fused-ring (bicyclic) bond motifs is 1. The van der Waals surface area contributed by atoms with Crippen molar-refractivity contribution >= 4 is 11.0 Å². The fourth-order valence-corrected chi connectivity index (χ4v) is 4.28. The molecule has 1 saturated heterocycles. The van der Waals surface area contributed by atoms with Gasteiger partial charge in [-0.2, -0.15) is 0 Å². The normalized spacial score (nSPS) is 18.9. The molecule has 5 rings (SSSR count). The zero-order valence-corrected chi connectivity index (χ0v) is 17.5. The summed E-state index contributed by atoms with van der Waals surface area (Å²) in [6.07, 6.45) is 4.25. The molecule has 1 saturated carbocycles. The van der Waals surface area contributed by atoms with E-state index >= 15 is 0 Å². The van der Waals surface area contributed by atoms with E-state index in [0.717, 1.165) is 48.9 Å². The van der Waals surface area contributed by atoms with Crippen LogP contribution in [-0.4, -0.2) is 39.3 Å². The first-order valence-corrected chi connectivity index (χ1v) is 10.8. The Labute approximate surface area is 178 Å². The molecule has 1 aromatic carbocycles. The minimum absolute atomic E-state index is 0.0547. The zero-order valence-electron chi connectivity index (χ0n) is 17.5. The maximum absolute atomic E-state index is 13.0. The summed E-state index contributed by atoms with van der Waals surface area (Å²) in [7, 11) is 1.46. The molecule has 3 aromatic rings. The first-order chi connectivity index (χ1) is 15.0. The number of hydrogen-bond donors (Lipinski definition) is 3. The molecular weight excluding hydrogens is 396 g/mol. The second kappa shape index (κ2) is 7.85. The number of nitrogens with one attached hydrogen (secondary N) is 2. The van der Waals surface area contributed by atoms with Crippen molar-refractivity contribution in [3.63, 3.8) is 0 Å². The molecular formula is C23H26N4O4. The molecule has 1 aliphatic carbocycles. The lowest BCUT2D eigenvalue weighted by Gasteiger charge is -2.25. The second-order valence-electron chi connectivity index (χ2n) is 8.56. The van der Waals surface area contributed by atoms with Gasteiger partial charge in [-0.25, -0.2) is 9.78 Å². The number of piperidine rings is 1. The highest BCUT2D eigenvalue weighted by Crippen LogP contribution is 2.40. The average Bonchev–Trinajstić information content (AvgIpc) is 3.60. The molecule has 0 spiro atoms. The number of H-pyrrole nitrogens is 1. The molecule has 162 valence electrons. The van der Waals surface area contributed by atoms with E-state index < -0.39 is 5.69 Å². The van der Waals surface area contributed by atoms with E-state index in [2.05, 4.69) is 15.3 Å². The van der Waals surface area contributed by atoms with Gasteiger partial charge in [0, 0.05) is 13.6 Å². The van der Waals surface area contributed by atoms with Crippen LogP contribution in [0.1, 0.15) is 37.2 Å². The van der Waals surface area contributed by atoms with Crippen LogP contribution in [0, 0.1) is 5.92 Å². The summed E-state index contributed by atoms with van der Waals surface area (Å²) < 4.78 is 7.09. The van der Waals surface area contributed by atoms with E-state index in [0.29, 0.717) is 34.9 Å². The fourth-order valence-electron chi connectivity index (χ4n) is 4.28. The molecule has 2 aliphatic rings. The smallest absolute Gasteiger partial charge is 0.329 e. The van der Waals surface area contributed by atoms with E-state index in [9.17, 15) is 14.7 Å². The van der Waals surface area contributed by atoms with Crippen molar-refractivity contribution in [2.75, 3.05) is 19.7 Å². The SMILES string of the molecule is Cn1c(=O)[nH]c2nc(-c3c(O)cccc3OCC3CC3)cc(C3CCCNC3)c2c1=O. The summed E-state index contributed by atoms with van der Waals surface area (Å²) in [6.45, 7) is 2.29. The third-order valence-electron chi connectivity index (χ3n) is 6.27. The highest BCUT2D eigenvalue weighted by molar-refractivity contribution is 5.84. The van der Waals surface area contributed by atoms with Gasteiger partial charge >= 0.3 is 5.69 Å². The first kappa shape index (κ1) is 19.8. The van der Waals surface area contributed by atoms with Crippen molar-refractivity contribution in [2.24, 2.45) is 13.0 Å². The van der Waals surface area contributed by atoms with Gasteiger partial charge in [0.1, 0.15) is 17.1 Å². The quantitative estimate of drug-likeness (QED) is 0.582. The number of phenols is 1. The van der Waals surface area contributed by atoms with Crippen LogP contribution in [-0.2, 0) is 7.05 Å². The van der Waals surface area contributed by atoms with Crippen molar-refractivity contribution in [1.29, 1.82) is 0 Å². The molecule has 0 bridgehead atoms. The second-order valence-corrected chi connectivity index (χ2v) is 8.56. The Morgan fingerprint density at radius 1 is 1.26 bits per heavy atom. The van der Waals surface area contributed by atoms with E-state index in [4.69, 9.17) is 4.74 Å². The molecule has 3 N–H and O–H groups in total. The predicted molar refractivity (Wildman–Crippen MR) is 118 cm³/mol. The molecule has 8 heteroatoms. The summed E-state index contributed by atoms with van der Waals surface area (Å²) in [4.78, 5) is 32.6. The molecule has 1 aliphatic heterocycles. The zero-order chi connectivity index (χ0) is 21.5. The minimum Gasteiger partial charge on any atom is -0.507 e. The number of ether oxygens (including phenoxy) is 1. The Kier molecular flexibility index (Phi) is 5.02. The van der Waals surface area contributed by atoms with Crippen molar-refractivity contribution < 1.29 is 9.84 Å². The van der Waals surface area contributed by atoms with Gasteiger partial charge in [0.15, 0.2) is 0 Å². The molecule has 8 nitrogen and oxygen atoms in total. The highest BCUT2D eigenvalue weighted by Gasteiger charge is 2.26. The van der Waals surface area contributed by atoms with Gasteiger partial charge in [0.05, 0.1) is 23.3 Å². The predicted octanol–water partition coefficient (Wildman–Crippen LogP) is 2.25. The van der Waals surface area contributed by atoms with Crippen molar-refractivity contribution in [2.45, 2.75) is 31.6 Å². The number of aromatic amines is 1. The standard InChI is InChI=1S/C23H26N4O4/c1-27-22(29)19-15(14-4-3-9-24-11-14)10-16(25-21(19)26-23(27)30)20-17(28)5-2-6-18(20)31-12-13-7-8-13/h2,5-6,10,13-14,24,28H,3-4,7-9,11-12H2,1H3,(H,25,26,30). The van der Waals surface area contributed by atoms with Gasteiger partial charge < -0.3 is 15.2 Å². The molecule has 0 amide bonds. The van der Waals surface area contributed by atoms with Gasteiger partial charge in [-0.15, -0.1) is 0 Å². The summed E-state index contributed by atoms with van der Waals surface area (Å²) in [5, 5.41) is 14.5. The highest BCUT2D eigenvalue weighted by atomic mass is 16.5. The third-order valence-corrected chi connectivity index (χ3v) is 6.27. The number of hydrogen-bond acceptors (Lipinski definition) is 6. The third kappa shape index (κ3) is 3.72. The first-order valence-electron chi connectivity index (χ1n) is 10.8. The Hall–Kier alpha value is -3.13. The van der Waals surface area contributed by atoms with Gasteiger partial charge in [-0.3, -0.25) is 14.3 Å². The summed E-state index contributed by atoms with van der Waals surface area (Å²) in [5.74, 6) is 1.28. The van der Waals surface area contributed by atoms with Gasteiger partial charge in [-0.1, -0.05) is 6.07 Å². The summed E-state index contributed by atoms with van der Waals surface area (Å²) in [5.41, 5.74) is 1.17. The number of rotatable bonds is 5. The van der Waals surface area contributed by atoms with Crippen molar-refractivity contribution in [3.05, 3.63) is 50.7 Å². The van der Waals surface area contributed by atoms with Gasteiger partial charge in [-0.05, 0) is 67.8 Å². The van der Waals surface area contributed by atoms with E-state index in [1.807, 2.05) is 12.1 Å². The van der Waals surface area contributed by atoms with Crippen molar-refractivity contribution in [3.8, 4) is 22.8 Å². The molecule has 1 unspecified atom stereocenters. The maximum Gasteiger partial charge on any atom is 0.329 e. The van der Waals surface area contributed by atoms with Crippen LogP contribution in [0.3, 0.4) is 0 Å². The molecule has 1 atom stereocenters. The number of phenolic OH excluding ortho intramolecular Hbond substituents is 1. The van der Waals surface area contributed by atoms with Gasteiger partial charge in [0.2, 0.25) is 0 Å². The maximum atomic E-state index is 13.0. The topological polar surface area (TPSA) is 109 Å². The summed E-state index contributed by atoms with van der Waals surface area (Å²) in [6, 6.07) is 7.03. The van der Waals surface area contributed by atoms with Gasteiger partial charge in [0.25, 0.3) is 5.56 Å². The Balaban J connectivity index is 1.72. The lowest BCUT2D eigenvalue weighted by Crippen LogP contribution is -2.35. The molecule has 0 radical (unpaired) electrons. The molecule has 31 heavy (non-hydrogen) atoms. The monoisotopic (exact) mass is 422 g/mol. The van der Waals surface area contributed by atoms with Crippen LogP contribution in [0.4, 0.5) is 0 Å². The Morgan fingerprint density at radius 3 is 2.84 bits per heavy atom. The number of benzene rings is 1. The van der Waals surface area contributed by atoms with Crippen LogP contribution < -0.4 is 21.3 Å². The summed E-state index contributed by atoms with van der Waals surface area (Å²) >= 11 is 0. The van der Waals surface area contributed by atoms with Crippen LogP contribution in [0.25, 0.3) is 22.3 Å². The van der Waals surface area contributed by atoms with E-state index in [1.165, 1.54) is 7.05 Å². The largest absolute Gasteiger partial charge is 0.507 e. The number of nitrogens with zero attached hydrogens (tertiary/aromatic N) is 2. The average molecular weight is 422 g/mol. The molecule has 2 aromatic heterocycles. The molecule has 2 fully saturated rings. The molecule has 3 heterocycles. The fraction of sp³-hybridized carbons (Fsp3) is 0.435. The van der Waals surface area contributed by atoms with E-state index in [-0.39, 0.29) is 22.9 Å². The lowest BCUT2D eigenvalue weighted by atomic mass is 9.89. The van der Waals surface area contributed by atoms with Crippen molar-refractivity contribution in [1.82, 2.24) is 19.9 Å². The Morgan fingerprint density at radius 2 is 2.10 bits per heavy atom. The van der Waals surface area contributed by atoms with Crippen LogP contribution in [0.5, 0.6) is 11.5 Å². The number of aromatic nitrogens is 3.